The topological polar surface area (TPSA) is 81.1 Å². The van der Waals surface area contributed by atoms with Crippen LogP contribution in [0.2, 0.25) is 0 Å². The first-order chi connectivity index (χ1) is 14.0. The normalized spacial score (nSPS) is 16.5. The number of hydrogen-bond acceptors (Lipinski definition) is 8. The van der Waals surface area contributed by atoms with E-state index in [2.05, 4.69) is 20.9 Å². The summed E-state index contributed by atoms with van der Waals surface area (Å²) in [5.74, 6) is -0.519. The highest BCUT2D eigenvalue weighted by atomic mass is 79.9. The fourth-order valence-corrected chi connectivity index (χ4v) is 4.18. The summed E-state index contributed by atoms with van der Waals surface area (Å²) in [6.07, 6.45) is 1.64. The molecule has 1 atom stereocenters. The van der Waals surface area contributed by atoms with Gasteiger partial charge in [-0.15, -0.1) is 11.3 Å². The maximum absolute atomic E-state index is 13.7. The number of esters is 1. The lowest BCUT2D eigenvalue weighted by Gasteiger charge is -2.33. The quantitative estimate of drug-likeness (QED) is 0.444. The number of aromatic nitrogens is 1. The van der Waals surface area contributed by atoms with Crippen molar-refractivity contribution in [2.75, 3.05) is 20.3 Å². The van der Waals surface area contributed by atoms with Crippen LogP contribution in [0, 0.1) is 5.82 Å². The monoisotopic (exact) mass is 481 g/mol. The minimum atomic E-state index is -0.802. The van der Waals surface area contributed by atoms with Gasteiger partial charge in [-0.3, -0.25) is 9.79 Å². The molecule has 1 aliphatic heterocycles. The van der Waals surface area contributed by atoms with E-state index in [0.29, 0.717) is 33.0 Å². The molecule has 1 aromatic carbocycles. The van der Waals surface area contributed by atoms with Crippen LogP contribution < -0.4 is 0 Å². The van der Waals surface area contributed by atoms with E-state index in [1.165, 1.54) is 23.5 Å². The molecule has 3 rings (SSSR count). The molecule has 0 saturated carbocycles. The molecule has 0 amide bonds. The summed E-state index contributed by atoms with van der Waals surface area (Å²) >= 11 is 4.74. The lowest BCUT2D eigenvalue weighted by atomic mass is 9.95. The summed E-state index contributed by atoms with van der Waals surface area (Å²) in [5.41, 5.74) is 1.20. The van der Waals surface area contributed by atoms with Crippen molar-refractivity contribution in [3.63, 3.8) is 0 Å². The number of ether oxygens (including phenoxy) is 2. The second-order valence-electron chi connectivity index (χ2n) is 5.91. The second-order valence-corrected chi connectivity index (χ2v) is 7.65. The van der Waals surface area contributed by atoms with Crippen LogP contribution in [0.15, 0.2) is 50.5 Å². The summed E-state index contributed by atoms with van der Waals surface area (Å²) in [4.78, 5) is 34.4. The van der Waals surface area contributed by atoms with Crippen LogP contribution in [-0.2, 0) is 19.1 Å². The van der Waals surface area contributed by atoms with Crippen LogP contribution in [0.5, 0.6) is 0 Å². The molecule has 1 aromatic heterocycles. The molecule has 1 aliphatic rings. The van der Waals surface area contributed by atoms with E-state index >= 15 is 0 Å². The van der Waals surface area contributed by atoms with E-state index < -0.39 is 17.8 Å². The van der Waals surface area contributed by atoms with Gasteiger partial charge in [0.05, 0.1) is 17.9 Å². The molecule has 152 valence electrons. The molecule has 1 unspecified atom stereocenters. The lowest BCUT2D eigenvalue weighted by Crippen LogP contribution is -2.37. The Hall–Kier alpha value is -2.59. The largest absolute Gasteiger partial charge is 0.463 e. The molecule has 0 N–H and O–H groups in total. The molecule has 0 aliphatic carbocycles. The minimum absolute atomic E-state index is 0.159. The summed E-state index contributed by atoms with van der Waals surface area (Å²) in [6, 6.07) is 3.35. The molecule has 0 bridgehead atoms. The molecule has 29 heavy (non-hydrogen) atoms. The van der Waals surface area contributed by atoms with Crippen LogP contribution in [-0.4, -0.2) is 48.4 Å². The van der Waals surface area contributed by atoms with Crippen LogP contribution in [0.25, 0.3) is 0 Å². The second kappa shape index (κ2) is 9.27. The third-order valence-electron chi connectivity index (χ3n) is 4.22. The maximum Gasteiger partial charge on any atom is 0.338 e. The highest BCUT2D eigenvalue weighted by Crippen LogP contribution is 2.39. The van der Waals surface area contributed by atoms with Gasteiger partial charge < -0.3 is 14.4 Å². The van der Waals surface area contributed by atoms with Gasteiger partial charge in [0.1, 0.15) is 18.5 Å². The fraction of sp³-hybridized carbons (Fsp3) is 0.263. The number of halogens is 2. The molecule has 0 radical (unpaired) electrons. The van der Waals surface area contributed by atoms with E-state index in [4.69, 9.17) is 14.5 Å². The number of rotatable bonds is 7. The summed E-state index contributed by atoms with van der Waals surface area (Å²) in [5, 5.41) is 2.43. The number of carbonyl (C=O) groups excluding carboxylic acids is 2. The minimum Gasteiger partial charge on any atom is -0.463 e. The molecule has 2 aromatic rings. The number of nitrogens with zero attached hydrogens (tertiary/aromatic N) is 3. The number of carbonyl (C=O) groups is 2. The molecular formula is C19H17BrFN3O4S. The van der Waals surface area contributed by atoms with E-state index in [9.17, 15) is 14.0 Å². The standard InChI is InChI=1S/C19H17BrFN3O4S/c1-3-28-19(26)15-14(9-27-10-25)24(2)17(18-22-6-7-29-18)23-16(15)12-5-4-11(21)8-13(12)20/h4-8,10,16H,3,9H2,1-2H3. The van der Waals surface area contributed by atoms with Crippen molar-refractivity contribution in [3.05, 3.63) is 61.9 Å². The van der Waals surface area contributed by atoms with Crippen molar-refractivity contribution in [2.24, 2.45) is 4.99 Å². The van der Waals surface area contributed by atoms with Crippen molar-refractivity contribution in [1.82, 2.24) is 9.88 Å². The Morgan fingerprint density at radius 3 is 2.86 bits per heavy atom. The highest BCUT2D eigenvalue weighted by Gasteiger charge is 2.36. The van der Waals surface area contributed by atoms with E-state index in [1.807, 2.05) is 0 Å². The van der Waals surface area contributed by atoms with Crippen molar-refractivity contribution in [3.8, 4) is 0 Å². The highest BCUT2D eigenvalue weighted by molar-refractivity contribution is 9.10. The van der Waals surface area contributed by atoms with Gasteiger partial charge in [0.2, 0.25) is 0 Å². The smallest absolute Gasteiger partial charge is 0.338 e. The van der Waals surface area contributed by atoms with E-state index in [0.717, 1.165) is 0 Å². The van der Waals surface area contributed by atoms with Crippen molar-refractivity contribution < 1.29 is 23.5 Å². The Labute approximate surface area is 179 Å². The fourth-order valence-electron chi connectivity index (χ4n) is 2.95. The maximum atomic E-state index is 13.7. The Kier molecular flexibility index (Phi) is 6.75. The first-order valence-electron chi connectivity index (χ1n) is 8.59. The van der Waals surface area contributed by atoms with Gasteiger partial charge in [-0.05, 0) is 24.6 Å². The van der Waals surface area contributed by atoms with E-state index in [-0.39, 0.29) is 18.8 Å². The van der Waals surface area contributed by atoms with Gasteiger partial charge in [-0.1, -0.05) is 22.0 Å². The van der Waals surface area contributed by atoms with Gasteiger partial charge >= 0.3 is 5.97 Å². The van der Waals surface area contributed by atoms with Crippen molar-refractivity contribution in [2.45, 2.75) is 13.0 Å². The van der Waals surface area contributed by atoms with Crippen LogP contribution in [0.1, 0.15) is 23.5 Å². The average molecular weight is 482 g/mol. The Balaban J connectivity index is 2.22. The number of likely N-dealkylation sites (N-methyl/N-ethyl adjacent to an activating group) is 1. The van der Waals surface area contributed by atoms with Gasteiger partial charge in [-0.2, -0.15) is 0 Å². The number of hydrogen-bond donors (Lipinski definition) is 0. The first-order valence-corrected chi connectivity index (χ1v) is 10.3. The van der Waals surface area contributed by atoms with Crippen molar-refractivity contribution in [1.29, 1.82) is 0 Å². The third-order valence-corrected chi connectivity index (χ3v) is 5.68. The lowest BCUT2D eigenvalue weighted by molar-refractivity contribution is -0.139. The van der Waals surface area contributed by atoms with Gasteiger partial charge in [-0.25, -0.2) is 14.2 Å². The van der Waals surface area contributed by atoms with Gasteiger partial charge in [0, 0.05) is 23.1 Å². The number of thiazole rings is 1. The van der Waals surface area contributed by atoms with Crippen LogP contribution in [0.3, 0.4) is 0 Å². The summed E-state index contributed by atoms with van der Waals surface area (Å²) in [6.45, 7) is 2.00. The zero-order valence-electron chi connectivity index (χ0n) is 15.6. The average Bonchev–Trinajstić information content (AvgIpc) is 3.21. The predicted octanol–water partition coefficient (Wildman–Crippen LogP) is 3.47. The molecule has 0 fully saturated rings. The van der Waals surface area contributed by atoms with Gasteiger partial charge in [0.25, 0.3) is 6.47 Å². The number of aliphatic imine (C=N–C) groups is 1. The Morgan fingerprint density at radius 1 is 1.45 bits per heavy atom. The molecule has 10 heteroatoms. The Morgan fingerprint density at radius 2 is 2.24 bits per heavy atom. The summed E-state index contributed by atoms with van der Waals surface area (Å²) < 4.78 is 24.3. The number of benzene rings is 1. The molecule has 0 spiro atoms. The van der Waals surface area contributed by atoms with Crippen LogP contribution >= 0.6 is 27.3 Å². The Bertz CT molecular complexity index is 978. The van der Waals surface area contributed by atoms with Gasteiger partial charge in [0.15, 0.2) is 10.8 Å². The predicted molar refractivity (Wildman–Crippen MR) is 109 cm³/mol. The molecular weight excluding hydrogens is 465 g/mol. The third kappa shape index (κ3) is 4.38. The SMILES string of the molecule is CCOC(=O)C1=C(COC=O)N(C)C(c2nccs2)=NC1c1ccc(F)cc1Br. The number of amidine groups is 1. The zero-order chi connectivity index (χ0) is 21.0. The van der Waals surface area contributed by atoms with Crippen LogP contribution in [0.4, 0.5) is 4.39 Å². The first kappa shape index (κ1) is 21.1. The molecule has 2 heterocycles. The zero-order valence-corrected chi connectivity index (χ0v) is 18.0. The summed E-state index contributed by atoms with van der Waals surface area (Å²) in [7, 11) is 1.71. The molecule has 0 saturated heterocycles. The van der Waals surface area contributed by atoms with E-state index in [1.54, 1.807) is 36.5 Å². The van der Waals surface area contributed by atoms with Crippen molar-refractivity contribution >= 4 is 45.5 Å². The molecule has 7 nitrogen and oxygen atoms in total.